The Morgan fingerprint density at radius 2 is 1.73 bits per heavy atom. The minimum Gasteiger partial charge on any atom is -0.325 e. The number of fused-ring (bicyclic) bond motifs is 3. The van der Waals surface area contributed by atoms with E-state index in [1.54, 1.807) is 0 Å². The minimum atomic E-state index is 0.809. The fourth-order valence-electron chi connectivity index (χ4n) is 2.16. The average molecular weight is 214 g/mol. The van der Waals surface area contributed by atoms with Gasteiger partial charge in [-0.25, -0.2) is 0 Å². The van der Waals surface area contributed by atoms with E-state index in [1.807, 2.05) is 6.07 Å². The molecule has 1 aliphatic carbocycles. The van der Waals surface area contributed by atoms with Gasteiger partial charge in [0.1, 0.15) is 0 Å². The van der Waals surface area contributed by atoms with E-state index in [4.69, 9.17) is 4.55 Å². The van der Waals surface area contributed by atoms with Crippen LogP contribution in [0.15, 0.2) is 47.4 Å². The van der Waals surface area contributed by atoms with Gasteiger partial charge in [0.05, 0.1) is 0 Å². The van der Waals surface area contributed by atoms with Crippen LogP contribution < -0.4 is 0 Å². The van der Waals surface area contributed by atoms with Crippen molar-refractivity contribution in [1.29, 1.82) is 0 Å². The lowest BCUT2D eigenvalue weighted by atomic mass is 10.1. The SMILES string of the molecule is OSc1ccc2c(c1)-c1ccccc1C2. The predicted octanol–water partition coefficient (Wildman–Crippen LogP) is 3.82. The van der Waals surface area contributed by atoms with Gasteiger partial charge in [-0.2, -0.15) is 0 Å². The van der Waals surface area contributed by atoms with Crippen LogP contribution in [-0.4, -0.2) is 4.55 Å². The summed E-state index contributed by atoms with van der Waals surface area (Å²) < 4.78 is 9.03. The van der Waals surface area contributed by atoms with Crippen molar-refractivity contribution in [2.45, 2.75) is 11.3 Å². The van der Waals surface area contributed by atoms with Crippen LogP contribution in [0.4, 0.5) is 0 Å². The molecule has 0 heterocycles. The summed E-state index contributed by atoms with van der Waals surface area (Å²) in [6.45, 7) is 0. The monoisotopic (exact) mass is 214 g/mol. The molecule has 0 aliphatic heterocycles. The second kappa shape index (κ2) is 3.40. The third-order valence-electron chi connectivity index (χ3n) is 2.88. The highest BCUT2D eigenvalue weighted by molar-refractivity contribution is 7.93. The fraction of sp³-hybridized carbons (Fsp3) is 0.0769. The summed E-state index contributed by atoms with van der Waals surface area (Å²) in [7, 11) is 0. The zero-order valence-electron chi connectivity index (χ0n) is 8.10. The Hall–Kier alpha value is -1.25. The fourth-order valence-corrected chi connectivity index (χ4v) is 2.46. The van der Waals surface area contributed by atoms with Crippen LogP contribution >= 0.6 is 12.0 Å². The molecule has 0 bridgehead atoms. The number of rotatable bonds is 1. The standard InChI is InChI=1S/C13H10OS/c14-15-11-6-5-10-7-9-3-1-2-4-12(9)13(10)8-11/h1-6,8,14H,7H2. The predicted molar refractivity (Wildman–Crippen MR) is 63.2 cm³/mol. The van der Waals surface area contributed by atoms with Crippen LogP contribution in [0.25, 0.3) is 11.1 Å². The second-order valence-electron chi connectivity index (χ2n) is 3.74. The molecular weight excluding hydrogens is 204 g/mol. The van der Waals surface area contributed by atoms with E-state index in [1.165, 1.54) is 22.3 Å². The average Bonchev–Trinajstić information content (AvgIpc) is 2.66. The summed E-state index contributed by atoms with van der Waals surface area (Å²) in [5.41, 5.74) is 5.31. The molecule has 0 radical (unpaired) electrons. The van der Waals surface area contributed by atoms with Gasteiger partial charge in [0.2, 0.25) is 0 Å². The zero-order valence-corrected chi connectivity index (χ0v) is 8.92. The van der Waals surface area contributed by atoms with Crippen molar-refractivity contribution in [1.82, 2.24) is 0 Å². The molecule has 3 rings (SSSR count). The summed E-state index contributed by atoms with van der Waals surface area (Å²) in [4.78, 5) is 0.908. The van der Waals surface area contributed by atoms with E-state index in [-0.39, 0.29) is 0 Å². The van der Waals surface area contributed by atoms with Gasteiger partial charge in [0.25, 0.3) is 0 Å². The Balaban J connectivity index is 2.22. The first-order valence-corrected chi connectivity index (χ1v) is 5.68. The van der Waals surface area contributed by atoms with Crippen molar-refractivity contribution in [3.8, 4) is 11.1 Å². The first-order valence-electron chi connectivity index (χ1n) is 4.91. The minimum absolute atomic E-state index is 0.809. The van der Waals surface area contributed by atoms with Gasteiger partial charge >= 0.3 is 0 Å². The molecule has 1 aliphatic rings. The largest absolute Gasteiger partial charge is 0.325 e. The molecular formula is C13H10OS. The van der Waals surface area contributed by atoms with Crippen LogP contribution in [-0.2, 0) is 6.42 Å². The zero-order chi connectivity index (χ0) is 10.3. The molecule has 0 saturated heterocycles. The second-order valence-corrected chi connectivity index (χ2v) is 4.40. The topological polar surface area (TPSA) is 20.2 Å². The third kappa shape index (κ3) is 1.37. The summed E-state index contributed by atoms with van der Waals surface area (Å²) in [5, 5.41) is 0. The molecule has 2 aromatic rings. The maximum absolute atomic E-state index is 9.03. The van der Waals surface area contributed by atoms with Crippen molar-refractivity contribution >= 4 is 12.0 Å². The Morgan fingerprint density at radius 1 is 0.933 bits per heavy atom. The van der Waals surface area contributed by atoms with Gasteiger partial charge in [-0.3, -0.25) is 0 Å². The number of hydrogen-bond donors (Lipinski definition) is 1. The van der Waals surface area contributed by atoms with Crippen LogP contribution in [0, 0.1) is 0 Å². The third-order valence-corrected chi connectivity index (χ3v) is 3.34. The van der Waals surface area contributed by atoms with Crippen molar-refractivity contribution in [3.05, 3.63) is 53.6 Å². The van der Waals surface area contributed by atoms with Crippen LogP contribution in [0.5, 0.6) is 0 Å². The van der Waals surface area contributed by atoms with Gasteiger partial charge < -0.3 is 4.55 Å². The van der Waals surface area contributed by atoms with Gasteiger partial charge in [-0.15, -0.1) is 0 Å². The molecule has 1 nitrogen and oxygen atoms in total. The highest BCUT2D eigenvalue weighted by Crippen LogP contribution is 2.37. The van der Waals surface area contributed by atoms with Gasteiger partial charge in [0.15, 0.2) is 0 Å². The van der Waals surface area contributed by atoms with Crippen molar-refractivity contribution in [2.24, 2.45) is 0 Å². The van der Waals surface area contributed by atoms with E-state index in [0.717, 1.165) is 23.4 Å². The molecule has 1 N–H and O–H groups in total. The summed E-state index contributed by atoms with van der Waals surface area (Å²) >= 11 is 0.809. The first kappa shape index (κ1) is 9.01. The summed E-state index contributed by atoms with van der Waals surface area (Å²) in [5.74, 6) is 0. The van der Waals surface area contributed by atoms with Crippen LogP contribution in [0.2, 0.25) is 0 Å². The maximum Gasteiger partial charge on any atom is 0.0357 e. The Kier molecular flexibility index (Phi) is 2.04. The van der Waals surface area contributed by atoms with Crippen molar-refractivity contribution in [3.63, 3.8) is 0 Å². The first-order chi connectivity index (χ1) is 7.38. The molecule has 0 amide bonds. The Labute approximate surface area is 93.0 Å². The van der Waals surface area contributed by atoms with Crippen LogP contribution in [0.1, 0.15) is 11.1 Å². The van der Waals surface area contributed by atoms with Crippen LogP contribution in [0.3, 0.4) is 0 Å². The number of hydrogen-bond acceptors (Lipinski definition) is 2. The molecule has 0 unspecified atom stereocenters. The highest BCUT2D eigenvalue weighted by Gasteiger charge is 2.17. The Morgan fingerprint density at radius 3 is 2.60 bits per heavy atom. The summed E-state index contributed by atoms with van der Waals surface area (Å²) in [6, 6.07) is 14.6. The van der Waals surface area contributed by atoms with E-state index >= 15 is 0 Å². The molecule has 0 aromatic heterocycles. The smallest absolute Gasteiger partial charge is 0.0357 e. The lowest BCUT2D eigenvalue weighted by Gasteiger charge is -2.02. The molecule has 0 atom stereocenters. The molecule has 0 spiro atoms. The molecule has 74 valence electrons. The van der Waals surface area contributed by atoms with E-state index in [0.29, 0.717) is 0 Å². The van der Waals surface area contributed by atoms with Crippen molar-refractivity contribution < 1.29 is 4.55 Å². The highest BCUT2D eigenvalue weighted by atomic mass is 32.2. The van der Waals surface area contributed by atoms with Gasteiger partial charge in [-0.05, 0) is 40.8 Å². The summed E-state index contributed by atoms with van der Waals surface area (Å²) in [6.07, 6.45) is 1.02. The quantitative estimate of drug-likeness (QED) is 0.621. The number of benzene rings is 2. The van der Waals surface area contributed by atoms with E-state index in [9.17, 15) is 0 Å². The lowest BCUT2D eigenvalue weighted by molar-refractivity contribution is 0.664. The van der Waals surface area contributed by atoms with Crippen molar-refractivity contribution in [2.75, 3.05) is 0 Å². The maximum atomic E-state index is 9.03. The normalized spacial score (nSPS) is 12.3. The molecule has 2 aromatic carbocycles. The van der Waals surface area contributed by atoms with Gasteiger partial charge in [-0.1, -0.05) is 30.3 Å². The molecule has 0 saturated carbocycles. The Bertz CT molecular complexity index is 520. The van der Waals surface area contributed by atoms with Gasteiger partial charge in [0, 0.05) is 16.9 Å². The molecule has 2 heteroatoms. The van der Waals surface area contributed by atoms with E-state index in [2.05, 4.69) is 36.4 Å². The lowest BCUT2D eigenvalue weighted by Crippen LogP contribution is -1.79. The molecule has 0 fully saturated rings. The molecule has 15 heavy (non-hydrogen) atoms. The van der Waals surface area contributed by atoms with E-state index < -0.39 is 0 Å².